The summed E-state index contributed by atoms with van der Waals surface area (Å²) in [6.07, 6.45) is 2.69. The van der Waals surface area contributed by atoms with E-state index < -0.39 is 0 Å². The van der Waals surface area contributed by atoms with Gasteiger partial charge >= 0.3 is 0 Å². The number of nitrogens with one attached hydrogen (secondary N) is 1. The van der Waals surface area contributed by atoms with E-state index in [0.717, 1.165) is 5.52 Å². The van der Waals surface area contributed by atoms with Crippen molar-refractivity contribution in [2.75, 3.05) is 13.1 Å². The molecular formula is C23H26N2O2. The standard InChI is InChI=1S/C23H26N2O2/c1-16-14-25(15-17(2)27-16)23(26)12-20(18-8-4-3-5-9-18)21-13-24-22-11-7-6-10-19(21)22/h3-11,13,16-17,20,24H,12,14-15H2,1-2H3. The van der Waals surface area contributed by atoms with Gasteiger partial charge in [0.1, 0.15) is 0 Å². The van der Waals surface area contributed by atoms with Crippen molar-refractivity contribution in [2.24, 2.45) is 0 Å². The highest BCUT2D eigenvalue weighted by Gasteiger charge is 2.29. The van der Waals surface area contributed by atoms with Crippen molar-refractivity contribution in [3.05, 3.63) is 71.9 Å². The molecule has 27 heavy (non-hydrogen) atoms. The average Bonchev–Trinajstić information content (AvgIpc) is 3.10. The smallest absolute Gasteiger partial charge is 0.223 e. The van der Waals surface area contributed by atoms with Crippen LogP contribution in [-0.4, -0.2) is 41.1 Å². The van der Waals surface area contributed by atoms with Crippen molar-refractivity contribution in [2.45, 2.75) is 38.4 Å². The molecule has 3 atom stereocenters. The third-order valence-corrected chi connectivity index (χ3v) is 5.35. The maximum absolute atomic E-state index is 13.2. The zero-order valence-electron chi connectivity index (χ0n) is 15.9. The van der Waals surface area contributed by atoms with Gasteiger partial charge in [-0.05, 0) is 31.0 Å². The first kappa shape index (κ1) is 17.8. The van der Waals surface area contributed by atoms with Gasteiger partial charge in [0.25, 0.3) is 0 Å². The van der Waals surface area contributed by atoms with E-state index in [1.807, 2.05) is 43.0 Å². The lowest BCUT2D eigenvalue weighted by molar-refractivity contribution is -0.143. The van der Waals surface area contributed by atoms with Gasteiger partial charge < -0.3 is 14.6 Å². The van der Waals surface area contributed by atoms with Gasteiger partial charge in [0.05, 0.1) is 12.2 Å². The number of H-pyrrole nitrogens is 1. The van der Waals surface area contributed by atoms with E-state index in [9.17, 15) is 4.79 Å². The molecule has 2 heterocycles. The van der Waals surface area contributed by atoms with Crippen molar-refractivity contribution in [3.63, 3.8) is 0 Å². The number of carbonyl (C=O) groups is 1. The number of hydrogen-bond acceptors (Lipinski definition) is 2. The van der Waals surface area contributed by atoms with Crippen LogP contribution in [0.25, 0.3) is 10.9 Å². The molecule has 140 valence electrons. The van der Waals surface area contributed by atoms with Gasteiger partial charge in [0.15, 0.2) is 0 Å². The molecular weight excluding hydrogens is 336 g/mol. The van der Waals surface area contributed by atoms with Crippen LogP contribution in [0.5, 0.6) is 0 Å². The molecule has 0 radical (unpaired) electrons. The Hall–Kier alpha value is -2.59. The molecule has 4 heteroatoms. The fraction of sp³-hybridized carbons (Fsp3) is 0.348. The second kappa shape index (κ2) is 7.57. The lowest BCUT2D eigenvalue weighted by Gasteiger charge is -2.36. The van der Waals surface area contributed by atoms with Crippen LogP contribution in [0.3, 0.4) is 0 Å². The summed E-state index contributed by atoms with van der Waals surface area (Å²) in [5.74, 6) is 0.222. The first-order chi connectivity index (χ1) is 13.1. The predicted octanol–water partition coefficient (Wildman–Crippen LogP) is 4.33. The van der Waals surface area contributed by atoms with Gasteiger partial charge in [0.2, 0.25) is 5.91 Å². The first-order valence-electron chi connectivity index (χ1n) is 9.66. The molecule has 0 spiro atoms. The Labute approximate surface area is 160 Å². The fourth-order valence-electron chi connectivity index (χ4n) is 4.16. The number of para-hydroxylation sites is 1. The fourth-order valence-corrected chi connectivity index (χ4v) is 4.16. The number of ether oxygens (including phenoxy) is 1. The van der Waals surface area contributed by atoms with Gasteiger partial charge in [-0.2, -0.15) is 0 Å². The van der Waals surface area contributed by atoms with E-state index in [-0.39, 0.29) is 24.0 Å². The van der Waals surface area contributed by atoms with Gasteiger partial charge in [0, 0.05) is 42.5 Å². The van der Waals surface area contributed by atoms with Crippen LogP contribution in [0.2, 0.25) is 0 Å². The van der Waals surface area contributed by atoms with Crippen molar-refractivity contribution in [3.8, 4) is 0 Å². The molecule has 4 rings (SSSR count). The van der Waals surface area contributed by atoms with Crippen molar-refractivity contribution < 1.29 is 9.53 Å². The lowest BCUT2D eigenvalue weighted by Crippen LogP contribution is -2.48. The summed E-state index contributed by atoms with van der Waals surface area (Å²) in [5, 5.41) is 1.18. The minimum atomic E-state index is 0.0308. The third-order valence-electron chi connectivity index (χ3n) is 5.35. The zero-order chi connectivity index (χ0) is 18.8. The number of aromatic amines is 1. The Morgan fingerprint density at radius 1 is 1.07 bits per heavy atom. The van der Waals surface area contributed by atoms with Crippen LogP contribution >= 0.6 is 0 Å². The molecule has 3 aromatic rings. The van der Waals surface area contributed by atoms with E-state index in [4.69, 9.17) is 4.74 Å². The average molecular weight is 362 g/mol. The molecule has 1 amide bonds. The van der Waals surface area contributed by atoms with E-state index in [2.05, 4.69) is 41.5 Å². The minimum absolute atomic E-state index is 0.0308. The summed E-state index contributed by atoms with van der Waals surface area (Å²) in [4.78, 5) is 18.5. The summed E-state index contributed by atoms with van der Waals surface area (Å²) in [6, 6.07) is 18.6. The number of fused-ring (bicyclic) bond motifs is 1. The Morgan fingerprint density at radius 2 is 1.74 bits per heavy atom. The number of nitrogens with zero attached hydrogens (tertiary/aromatic N) is 1. The summed E-state index contributed by atoms with van der Waals surface area (Å²) < 4.78 is 5.79. The minimum Gasteiger partial charge on any atom is -0.372 e. The van der Waals surface area contributed by atoms with Crippen molar-refractivity contribution >= 4 is 16.8 Å². The maximum Gasteiger partial charge on any atom is 0.223 e. The number of amides is 1. The number of carbonyl (C=O) groups excluding carboxylic acids is 1. The number of morpholine rings is 1. The molecule has 0 saturated carbocycles. The van der Waals surface area contributed by atoms with E-state index >= 15 is 0 Å². The van der Waals surface area contributed by atoms with Crippen LogP contribution in [0.15, 0.2) is 60.8 Å². The summed E-state index contributed by atoms with van der Waals surface area (Å²) in [5.41, 5.74) is 3.46. The Morgan fingerprint density at radius 3 is 2.48 bits per heavy atom. The molecule has 4 nitrogen and oxygen atoms in total. The van der Waals surface area contributed by atoms with Gasteiger partial charge in [-0.15, -0.1) is 0 Å². The monoisotopic (exact) mass is 362 g/mol. The molecule has 0 bridgehead atoms. The van der Waals surface area contributed by atoms with Crippen LogP contribution in [0, 0.1) is 0 Å². The van der Waals surface area contributed by atoms with Crippen LogP contribution in [0.4, 0.5) is 0 Å². The van der Waals surface area contributed by atoms with Crippen molar-refractivity contribution in [1.82, 2.24) is 9.88 Å². The lowest BCUT2D eigenvalue weighted by atomic mass is 9.87. The maximum atomic E-state index is 13.2. The molecule has 1 aromatic heterocycles. The molecule has 3 unspecified atom stereocenters. The second-order valence-electron chi connectivity index (χ2n) is 7.51. The summed E-state index contributed by atoms with van der Waals surface area (Å²) in [7, 11) is 0. The third kappa shape index (κ3) is 3.76. The Bertz CT molecular complexity index is 908. The van der Waals surface area contributed by atoms with E-state index in [0.29, 0.717) is 19.5 Å². The molecule has 1 N–H and O–H groups in total. The van der Waals surface area contributed by atoms with Crippen molar-refractivity contribution in [1.29, 1.82) is 0 Å². The zero-order valence-corrected chi connectivity index (χ0v) is 15.9. The van der Waals surface area contributed by atoms with Crippen LogP contribution < -0.4 is 0 Å². The topological polar surface area (TPSA) is 45.3 Å². The highest BCUT2D eigenvalue weighted by atomic mass is 16.5. The number of rotatable bonds is 4. The highest BCUT2D eigenvalue weighted by Crippen LogP contribution is 2.34. The molecule has 1 fully saturated rings. The normalized spacial score (nSPS) is 21.3. The summed E-state index contributed by atoms with van der Waals surface area (Å²) >= 11 is 0. The molecule has 2 aromatic carbocycles. The molecule has 1 aliphatic heterocycles. The van der Waals surface area contributed by atoms with Gasteiger partial charge in [-0.1, -0.05) is 48.5 Å². The number of aromatic nitrogens is 1. The molecule has 0 aliphatic carbocycles. The second-order valence-corrected chi connectivity index (χ2v) is 7.51. The predicted molar refractivity (Wildman–Crippen MR) is 108 cm³/mol. The number of hydrogen-bond donors (Lipinski definition) is 1. The SMILES string of the molecule is CC1CN(C(=O)CC(c2ccccc2)c2c[nH]c3ccccc23)CC(C)O1. The summed E-state index contributed by atoms with van der Waals surface area (Å²) in [6.45, 7) is 5.39. The molecule has 1 saturated heterocycles. The van der Waals surface area contributed by atoms with E-state index in [1.54, 1.807) is 0 Å². The van der Waals surface area contributed by atoms with E-state index in [1.165, 1.54) is 16.5 Å². The first-order valence-corrected chi connectivity index (χ1v) is 9.66. The highest BCUT2D eigenvalue weighted by molar-refractivity contribution is 5.86. The molecule has 1 aliphatic rings. The largest absolute Gasteiger partial charge is 0.372 e. The Kier molecular flexibility index (Phi) is 4.99. The van der Waals surface area contributed by atoms with Gasteiger partial charge in [-0.3, -0.25) is 4.79 Å². The van der Waals surface area contributed by atoms with Crippen LogP contribution in [-0.2, 0) is 9.53 Å². The number of benzene rings is 2. The van der Waals surface area contributed by atoms with Gasteiger partial charge in [-0.25, -0.2) is 0 Å². The quantitative estimate of drug-likeness (QED) is 0.751. The van der Waals surface area contributed by atoms with Crippen LogP contribution in [0.1, 0.15) is 37.3 Å². The Balaban J connectivity index is 1.66.